The van der Waals surface area contributed by atoms with Crippen LogP contribution in [0.2, 0.25) is 0 Å². The lowest BCUT2D eigenvalue weighted by Crippen LogP contribution is -2.41. The number of hydrogen-bond acceptors (Lipinski definition) is 7. The monoisotopic (exact) mass is 443 g/mol. The van der Waals surface area contributed by atoms with E-state index in [9.17, 15) is 4.79 Å². The van der Waals surface area contributed by atoms with Crippen LogP contribution in [0.3, 0.4) is 0 Å². The van der Waals surface area contributed by atoms with Crippen LogP contribution < -0.4 is 5.32 Å². The SMILES string of the molecule is Cc1nc(-c2ccccc2)cc(-c2cccc3nonc23)c1C(=O)NCCN1CCOCC1. The summed E-state index contributed by atoms with van der Waals surface area (Å²) in [4.78, 5) is 20.4. The van der Waals surface area contributed by atoms with Gasteiger partial charge in [-0.15, -0.1) is 0 Å². The van der Waals surface area contributed by atoms with Gasteiger partial charge in [0.25, 0.3) is 5.91 Å². The lowest BCUT2D eigenvalue weighted by Gasteiger charge is -2.26. The molecule has 1 aliphatic heterocycles. The maximum Gasteiger partial charge on any atom is 0.253 e. The minimum atomic E-state index is -0.156. The zero-order valence-corrected chi connectivity index (χ0v) is 18.5. The van der Waals surface area contributed by atoms with Gasteiger partial charge in [0.15, 0.2) is 0 Å². The number of amides is 1. The number of nitrogens with zero attached hydrogens (tertiary/aromatic N) is 4. The maximum atomic E-state index is 13.4. The molecule has 1 amide bonds. The fourth-order valence-electron chi connectivity index (χ4n) is 4.19. The van der Waals surface area contributed by atoms with E-state index in [1.165, 1.54) is 0 Å². The smallest absolute Gasteiger partial charge is 0.253 e. The molecule has 0 aliphatic carbocycles. The molecule has 8 nitrogen and oxygen atoms in total. The summed E-state index contributed by atoms with van der Waals surface area (Å²) in [5.41, 5.74) is 5.76. The zero-order valence-electron chi connectivity index (χ0n) is 18.5. The van der Waals surface area contributed by atoms with E-state index in [-0.39, 0.29) is 5.91 Å². The number of carbonyl (C=O) groups excluding carboxylic acids is 1. The first-order chi connectivity index (χ1) is 16.2. The van der Waals surface area contributed by atoms with Gasteiger partial charge in [0.2, 0.25) is 0 Å². The Morgan fingerprint density at radius 1 is 1.03 bits per heavy atom. The summed E-state index contributed by atoms with van der Waals surface area (Å²) < 4.78 is 10.4. The highest BCUT2D eigenvalue weighted by Gasteiger charge is 2.22. The van der Waals surface area contributed by atoms with Gasteiger partial charge in [-0.1, -0.05) is 42.5 Å². The van der Waals surface area contributed by atoms with Crippen LogP contribution in [0.1, 0.15) is 16.1 Å². The molecule has 0 bridgehead atoms. The minimum absolute atomic E-state index is 0.156. The van der Waals surface area contributed by atoms with Gasteiger partial charge in [-0.05, 0) is 29.4 Å². The second-order valence-electron chi connectivity index (χ2n) is 8.03. The van der Waals surface area contributed by atoms with E-state index in [4.69, 9.17) is 14.3 Å². The molecule has 33 heavy (non-hydrogen) atoms. The van der Waals surface area contributed by atoms with Crippen LogP contribution in [-0.4, -0.2) is 65.5 Å². The van der Waals surface area contributed by atoms with E-state index in [0.29, 0.717) is 28.8 Å². The highest BCUT2D eigenvalue weighted by molar-refractivity contribution is 6.05. The van der Waals surface area contributed by atoms with E-state index < -0.39 is 0 Å². The Kier molecular flexibility index (Phi) is 6.10. The fraction of sp³-hybridized carbons (Fsp3) is 0.280. The number of rotatable bonds is 6. The minimum Gasteiger partial charge on any atom is -0.379 e. The van der Waals surface area contributed by atoms with Crippen LogP contribution in [0.15, 0.2) is 59.2 Å². The summed E-state index contributed by atoms with van der Waals surface area (Å²) in [5, 5.41) is 11.1. The molecular formula is C25H25N5O3. The molecule has 8 heteroatoms. The third-order valence-electron chi connectivity index (χ3n) is 5.89. The molecular weight excluding hydrogens is 418 g/mol. The lowest BCUT2D eigenvalue weighted by atomic mass is 9.95. The maximum absolute atomic E-state index is 13.4. The van der Waals surface area contributed by atoms with Gasteiger partial charge in [-0.3, -0.25) is 14.7 Å². The van der Waals surface area contributed by atoms with Crippen LogP contribution in [-0.2, 0) is 4.74 Å². The number of pyridine rings is 1. The van der Waals surface area contributed by atoms with Crippen LogP contribution in [0, 0.1) is 6.92 Å². The number of hydrogen-bond donors (Lipinski definition) is 1. The van der Waals surface area contributed by atoms with Crippen molar-refractivity contribution in [2.75, 3.05) is 39.4 Å². The van der Waals surface area contributed by atoms with E-state index >= 15 is 0 Å². The normalized spacial score (nSPS) is 14.5. The average molecular weight is 444 g/mol. The van der Waals surface area contributed by atoms with Gasteiger partial charge < -0.3 is 10.1 Å². The Morgan fingerprint density at radius 3 is 2.67 bits per heavy atom. The third kappa shape index (κ3) is 4.48. The molecule has 1 aliphatic rings. The first kappa shape index (κ1) is 21.2. The molecule has 3 heterocycles. The van der Waals surface area contributed by atoms with Crippen LogP contribution in [0.25, 0.3) is 33.4 Å². The van der Waals surface area contributed by atoms with Gasteiger partial charge in [-0.25, -0.2) is 4.63 Å². The van der Waals surface area contributed by atoms with Gasteiger partial charge in [0.1, 0.15) is 11.0 Å². The number of carbonyl (C=O) groups is 1. The summed E-state index contributed by atoms with van der Waals surface area (Å²) in [6.07, 6.45) is 0. The van der Waals surface area contributed by atoms with Crippen molar-refractivity contribution in [1.29, 1.82) is 0 Å². The van der Waals surface area contributed by atoms with Gasteiger partial charge in [-0.2, -0.15) is 0 Å². The van der Waals surface area contributed by atoms with Crippen molar-refractivity contribution >= 4 is 16.9 Å². The van der Waals surface area contributed by atoms with Crippen molar-refractivity contribution in [3.05, 3.63) is 65.9 Å². The predicted octanol–water partition coefficient (Wildman–Crippen LogP) is 3.32. The number of ether oxygens (including phenoxy) is 1. The molecule has 1 N–H and O–H groups in total. The Hall–Kier alpha value is -3.62. The highest BCUT2D eigenvalue weighted by Crippen LogP contribution is 2.33. The number of fused-ring (bicyclic) bond motifs is 1. The molecule has 1 saturated heterocycles. The molecule has 0 spiro atoms. The number of benzene rings is 2. The number of morpholine rings is 1. The van der Waals surface area contributed by atoms with Crippen LogP contribution >= 0.6 is 0 Å². The second-order valence-corrected chi connectivity index (χ2v) is 8.03. The molecule has 0 saturated carbocycles. The second kappa shape index (κ2) is 9.48. The van der Waals surface area contributed by atoms with E-state index in [1.54, 1.807) is 0 Å². The zero-order chi connectivity index (χ0) is 22.6. The third-order valence-corrected chi connectivity index (χ3v) is 5.89. The molecule has 4 aromatic rings. The first-order valence-electron chi connectivity index (χ1n) is 11.1. The highest BCUT2D eigenvalue weighted by atomic mass is 16.6. The van der Waals surface area contributed by atoms with E-state index in [0.717, 1.165) is 55.2 Å². The molecule has 168 valence electrons. The summed E-state index contributed by atoms with van der Waals surface area (Å²) in [5.74, 6) is -0.156. The Bertz CT molecular complexity index is 1270. The molecule has 5 rings (SSSR count). The summed E-state index contributed by atoms with van der Waals surface area (Å²) in [7, 11) is 0. The summed E-state index contributed by atoms with van der Waals surface area (Å²) in [6, 6.07) is 17.5. The average Bonchev–Trinajstić information content (AvgIpc) is 3.34. The molecule has 0 atom stereocenters. The van der Waals surface area contributed by atoms with Crippen molar-refractivity contribution < 1.29 is 14.2 Å². The summed E-state index contributed by atoms with van der Waals surface area (Å²) >= 11 is 0. The first-order valence-corrected chi connectivity index (χ1v) is 11.1. The Labute approximate surface area is 191 Å². The number of nitrogens with one attached hydrogen (secondary N) is 1. The van der Waals surface area contributed by atoms with Crippen LogP contribution in [0.5, 0.6) is 0 Å². The Morgan fingerprint density at radius 2 is 1.85 bits per heavy atom. The number of aryl methyl sites for hydroxylation is 1. The van der Waals surface area contributed by atoms with Gasteiger partial charge in [0, 0.05) is 42.9 Å². The molecule has 2 aromatic heterocycles. The predicted molar refractivity (Wildman–Crippen MR) is 125 cm³/mol. The standard InChI is InChI=1S/C25H25N5O3/c1-17-23(25(31)26-10-11-30-12-14-32-15-13-30)20(16-22(27-17)18-6-3-2-4-7-18)19-8-5-9-21-24(19)29-33-28-21/h2-9,16H,10-15H2,1H3,(H,26,31). The Balaban J connectivity index is 1.52. The molecule has 1 fully saturated rings. The van der Waals surface area contributed by atoms with Crippen molar-refractivity contribution in [2.45, 2.75) is 6.92 Å². The lowest BCUT2D eigenvalue weighted by molar-refractivity contribution is 0.0383. The molecule has 2 aromatic carbocycles. The fourth-order valence-corrected chi connectivity index (χ4v) is 4.19. The topological polar surface area (TPSA) is 93.4 Å². The van der Waals surface area contributed by atoms with E-state index in [2.05, 4.69) is 20.5 Å². The molecule has 0 radical (unpaired) electrons. The van der Waals surface area contributed by atoms with E-state index in [1.807, 2.05) is 61.5 Å². The largest absolute Gasteiger partial charge is 0.379 e. The van der Waals surface area contributed by atoms with Crippen molar-refractivity contribution in [1.82, 2.24) is 25.5 Å². The quantitative estimate of drug-likeness (QED) is 0.489. The van der Waals surface area contributed by atoms with Crippen molar-refractivity contribution in [3.8, 4) is 22.4 Å². The van der Waals surface area contributed by atoms with Crippen LogP contribution in [0.4, 0.5) is 0 Å². The van der Waals surface area contributed by atoms with Crippen molar-refractivity contribution in [3.63, 3.8) is 0 Å². The van der Waals surface area contributed by atoms with Crippen molar-refractivity contribution in [2.24, 2.45) is 0 Å². The molecule has 0 unspecified atom stereocenters. The van der Waals surface area contributed by atoms with Gasteiger partial charge in [0.05, 0.1) is 30.2 Å². The van der Waals surface area contributed by atoms with Gasteiger partial charge >= 0.3 is 0 Å². The number of aromatic nitrogens is 3. The summed E-state index contributed by atoms with van der Waals surface area (Å²) in [6.45, 7) is 6.43.